The fourth-order valence-corrected chi connectivity index (χ4v) is 1.86. The summed E-state index contributed by atoms with van der Waals surface area (Å²) in [5.74, 6) is 0.236. The Morgan fingerprint density at radius 3 is 2.25 bits per heavy atom. The van der Waals surface area contributed by atoms with Crippen LogP contribution in [-0.4, -0.2) is 13.0 Å². The second-order valence-electron chi connectivity index (χ2n) is 4.48. The van der Waals surface area contributed by atoms with Gasteiger partial charge in [0, 0.05) is 5.56 Å². The van der Waals surface area contributed by atoms with Crippen LogP contribution in [0.25, 0.3) is 0 Å². The van der Waals surface area contributed by atoms with Crippen molar-refractivity contribution in [3.8, 4) is 5.75 Å². The summed E-state index contributed by atoms with van der Waals surface area (Å²) in [6, 6.07) is 12.8. The topological polar surface area (TPSA) is 38.3 Å². The van der Waals surface area contributed by atoms with Crippen LogP contribution in [0.2, 0.25) is 0 Å². The van der Waals surface area contributed by atoms with Gasteiger partial charge in [-0.3, -0.25) is 4.79 Å². The number of carbonyl (C=O) groups excluding carboxylic acids is 1. The van der Waals surface area contributed by atoms with Crippen molar-refractivity contribution >= 4 is 5.91 Å². The van der Waals surface area contributed by atoms with Crippen LogP contribution < -0.4 is 10.1 Å². The molecule has 104 valence electrons. The molecule has 0 aliphatic rings. The van der Waals surface area contributed by atoms with Crippen LogP contribution in [0.15, 0.2) is 48.5 Å². The van der Waals surface area contributed by atoms with Crippen LogP contribution in [0.5, 0.6) is 5.75 Å². The van der Waals surface area contributed by atoms with E-state index in [0.29, 0.717) is 11.3 Å². The van der Waals surface area contributed by atoms with Gasteiger partial charge in [0.25, 0.3) is 5.91 Å². The Morgan fingerprint density at radius 2 is 1.70 bits per heavy atom. The average molecular weight is 273 g/mol. The number of halogens is 1. The van der Waals surface area contributed by atoms with Crippen LogP contribution in [0, 0.1) is 5.82 Å². The number of hydrogen-bond donors (Lipinski definition) is 1. The Balaban J connectivity index is 2.04. The molecule has 1 atom stereocenters. The molecule has 0 aliphatic carbocycles. The molecule has 0 saturated heterocycles. The minimum absolute atomic E-state index is 0.176. The largest absolute Gasteiger partial charge is 0.497 e. The first-order valence-corrected chi connectivity index (χ1v) is 6.30. The quantitative estimate of drug-likeness (QED) is 0.928. The molecule has 20 heavy (non-hydrogen) atoms. The van der Waals surface area contributed by atoms with Gasteiger partial charge < -0.3 is 10.1 Å². The summed E-state index contributed by atoms with van der Waals surface area (Å²) < 4.78 is 17.9. The monoisotopic (exact) mass is 273 g/mol. The van der Waals surface area contributed by atoms with Crippen molar-refractivity contribution < 1.29 is 13.9 Å². The van der Waals surface area contributed by atoms with Crippen LogP contribution in [0.1, 0.15) is 28.9 Å². The highest BCUT2D eigenvalue weighted by atomic mass is 19.1. The normalized spacial score (nSPS) is 11.8. The van der Waals surface area contributed by atoms with E-state index in [4.69, 9.17) is 4.74 Å². The molecular formula is C16H16FNO2. The number of methoxy groups -OCH3 is 1. The summed E-state index contributed by atoms with van der Waals surface area (Å²) in [6.07, 6.45) is 0. The van der Waals surface area contributed by atoms with Crippen molar-refractivity contribution in [3.63, 3.8) is 0 Å². The van der Waals surface area contributed by atoms with Gasteiger partial charge >= 0.3 is 0 Å². The molecule has 0 unspecified atom stereocenters. The first-order chi connectivity index (χ1) is 9.60. The van der Waals surface area contributed by atoms with Crippen molar-refractivity contribution in [1.29, 1.82) is 0 Å². The Kier molecular flexibility index (Phi) is 4.35. The Hall–Kier alpha value is -2.36. The van der Waals surface area contributed by atoms with E-state index in [9.17, 15) is 9.18 Å². The van der Waals surface area contributed by atoms with Gasteiger partial charge in [0.2, 0.25) is 0 Å². The molecule has 1 amide bonds. The highest BCUT2D eigenvalue weighted by Gasteiger charge is 2.11. The maximum Gasteiger partial charge on any atom is 0.251 e. The van der Waals surface area contributed by atoms with E-state index in [1.165, 1.54) is 12.1 Å². The maximum atomic E-state index is 12.8. The Morgan fingerprint density at radius 1 is 1.10 bits per heavy atom. The predicted molar refractivity (Wildman–Crippen MR) is 75.3 cm³/mol. The van der Waals surface area contributed by atoms with E-state index >= 15 is 0 Å². The lowest BCUT2D eigenvalue weighted by Crippen LogP contribution is -2.26. The number of nitrogens with one attached hydrogen (secondary N) is 1. The number of hydrogen-bond acceptors (Lipinski definition) is 2. The van der Waals surface area contributed by atoms with E-state index < -0.39 is 0 Å². The summed E-state index contributed by atoms with van der Waals surface area (Å²) in [6.45, 7) is 1.86. The average Bonchev–Trinajstić information content (AvgIpc) is 2.48. The number of benzene rings is 2. The minimum Gasteiger partial charge on any atom is -0.497 e. The zero-order chi connectivity index (χ0) is 14.5. The van der Waals surface area contributed by atoms with Gasteiger partial charge in [-0.1, -0.05) is 12.1 Å². The van der Waals surface area contributed by atoms with Crippen molar-refractivity contribution in [2.75, 3.05) is 7.11 Å². The smallest absolute Gasteiger partial charge is 0.251 e. The van der Waals surface area contributed by atoms with Gasteiger partial charge in [-0.2, -0.15) is 0 Å². The third-order valence-electron chi connectivity index (χ3n) is 3.07. The molecule has 0 aliphatic heterocycles. The molecule has 0 fully saturated rings. The van der Waals surface area contributed by atoms with Crippen LogP contribution >= 0.6 is 0 Å². The van der Waals surface area contributed by atoms with Gasteiger partial charge in [0.1, 0.15) is 11.6 Å². The highest BCUT2D eigenvalue weighted by Crippen LogP contribution is 2.15. The zero-order valence-electron chi connectivity index (χ0n) is 11.4. The second kappa shape index (κ2) is 6.19. The number of rotatable bonds is 4. The van der Waals surface area contributed by atoms with E-state index in [1.54, 1.807) is 43.5 Å². The summed E-state index contributed by atoms with van der Waals surface area (Å²) in [7, 11) is 1.58. The van der Waals surface area contributed by atoms with Crippen LogP contribution in [0.4, 0.5) is 4.39 Å². The van der Waals surface area contributed by atoms with E-state index in [1.807, 2.05) is 6.92 Å². The fourth-order valence-electron chi connectivity index (χ4n) is 1.86. The molecule has 0 saturated carbocycles. The second-order valence-corrected chi connectivity index (χ2v) is 4.48. The Labute approximate surface area is 117 Å². The molecule has 4 heteroatoms. The summed E-state index contributed by atoms with van der Waals surface area (Å²) in [4.78, 5) is 12.1. The summed E-state index contributed by atoms with van der Waals surface area (Å²) in [5, 5.41) is 2.87. The molecule has 2 rings (SSSR count). The third-order valence-corrected chi connectivity index (χ3v) is 3.07. The lowest BCUT2D eigenvalue weighted by atomic mass is 10.1. The van der Waals surface area contributed by atoms with Crippen LogP contribution in [-0.2, 0) is 0 Å². The third kappa shape index (κ3) is 3.35. The van der Waals surface area contributed by atoms with E-state index in [0.717, 1.165) is 5.56 Å². The highest BCUT2D eigenvalue weighted by molar-refractivity contribution is 5.94. The summed E-state index contributed by atoms with van der Waals surface area (Å²) in [5.41, 5.74) is 1.41. The maximum absolute atomic E-state index is 12.8. The van der Waals surface area contributed by atoms with Gasteiger partial charge in [0.15, 0.2) is 0 Å². The van der Waals surface area contributed by atoms with Gasteiger partial charge in [0.05, 0.1) is 13.2 Å². The minimum atomic E-state index is -0.289. The molecule has 3 nitrogen and oxygen atoms in total. The van der Waals surface area contributed by atoms with Gasteiger partial charge in [-0.25, -0.2) is 4.39 Å². The number of amides is 1. The molecule has 0 bridgehead atoms. The van der Waals surface area contributed by atoms with E-state index in [2.05, 4.69) is 5.32 Å². The first kappa shape index (κ1) is 14.1. The Bertz CT molecular complexity index is 578. The molecule has 2 aromatic rings. The molecule has 0 heterocycles. The molecular weight excluding hydrogens is 257 g/mol. The van der Waals surface area contributed by atoms with E-state index in [-0.39, 0.29) is 17.8 Å². The zero-order valence-corrected chi connectivity index (χ0v) is 11.4. The van der Waals surface area contributed by atoms with Crippen molar-refractivity contribution in [3.05, 3.63) is 65.5 Å². The number of ether oxygens (including phenoxy) is 1. The predicted octanol–water partition coefficient (Wildman–Crippen LogP) is 3.33. The molecule has 0 aromatic heterocycles. The van der Waals surface area contributed by atoms with Crippen molar-refractivity contribution in [2.24, 2.45) is 0 Å². The standard InChI is InChI=1S/C16H16FNO2/c1-11(12-3-7-14(17)8-4-12)18-16(19)13-5-9-15(20-2)10-6-13/h3-11H,1-2H3,(H,18,19)/t11-/m0/s1. The molecule has 0 spiro atoms. The first-order valence-electron chi connectivity index (χ1n) is 6.30. The fraction of sp³-hybridized carbons (Fsp3) is 0.188. The van der Waals surface area contributed by atoms with Crippen molar-refractivity contribution in [2.45, 2.75) is 13.0 Å². The van der Waals surface area contributed by atoms with Crippen molar-refractivity contribution in [1.82, 2.24) is 5.32 Å². The molecule has 0 radical (unpaired) electrons. The lowest BCUT2D eigenvalue weighted by Gasteiger charge is -2.14. The molecule has 1 N–H and O–H groups in total. The lowest BCUT2D eigenvalue weighted by molar-refractivity contribution is 0.0940. The summed E-state index contributed by atoms with van der Waals surface area (Å²) >= 11 is 0. The molecule has 2 aromatic carbocycles. The van der Waals surface area contributed by atoms with Gasteiger partial charge in [-0.15, -0.1) is 0 Å². The number of carbonyl (C=O) groups is 1. The van der Waals surface area contributed by atoms with Gasteiger partial charge in [-0.05, 0) is 48.9 Å². The SMILES string of the molecule is COc1ccc(C(=O)N[C@@H](C)c2ccc(F)cc2)cc1. The van der Waals surface area contributed by atoms with Crippen LogP contribution in [0.3, 0.4) is 0 Å².